The lowest BCUT2D eigenvalue weighted by molar-refractivity contribution is -0.165. The summed E-state index contributed by atoms with van der Waals surface area (Å²) < 4.78 is 5.28. The largest absolute Gasteiger partial charge is 0.497 e. The summed E-state index contributed by atoms with van der Waals surface area (Å²) in [5, 5.41) is 36.2. The molecular weight excluding hydrogens is 354 g/mol. The van der Waals surface area contributed by atoms with Crippen LogP contribution in [0.4, 0.5) is 0 Å². The van der Waals surface area contributed by atoms with E-state index in [0.717, 1.165) is 18.7 Å². The van der Waals surface area contributed by atoms with Crippen molar-refractivity contribution in [3.8, 4) is 5.75 Å². The molecule has 0 bridgehead atoms. The van der Waals surface area contributed by atoms with E-state index in [0.29, 0.717) is 11.5 Å². The smallest absolute Gasteiger partial charge is 0.335 e. The Hall–Kier alpha value is -2.16. The molecule has 27 heavy (non-hydrogen) atoms. The summed E-state index contributed by atoms with van der Waals surface area (Å²) in [4.78, 5) is 19.5. The minimum atomic E-state index is -2.27. The van der Waals surface area contributed by atoms with Crippen molar-refractivity contribution in [3.05, 3.63) is 29.8 Å². The molecule has 5 N–H and O–H groups in total. The van der Waals surface area contributed by atoms with Crippen molar-refractivity contribution in [2.24, 2.45) is 5.41 Å². The molecule has 2 rings (SSSR count). The van der Waals surface area contributed by atoms with Crippen molar-refractivity contribution < 1.29 is 34.8 Å². The molecule has 1 saturated heterocycles. The van der Waals surface area contributed by atoms with Gasteiger partial charge in [0.2, 0.25) is 0 Å². The van der Waals surface area contributed by atoms with Gasteiger partial charge in [-0.25, -0.2) is 9.59 Å². The number of aliphatic hydroxyl groups excluding tert-OH is 2. The fraction of sp³-hybridized carbons (Fsp3) is 0.579. The van der Waals surface area contributed by atoms with Gasteiger partial charge >= 0.3 is 11.9 Å². The first-order chi connectivity index (χ1) is 12.6. The van der Waals surface area contributed by atoms with Crippen molar-refractivity contribution in [1.82, 2.24) is 5.32 Å². The van der Waals surface area contributed by atoms with Gasteiger partial charge in [0.15, 0.2) is 12.2 Å². The standard InChI is InChI=1S/C15H23NO.C4H6O6/c1-15(2)8-5-9-16-14(15)11-12-6-4-7-13(10-12)17-3;5-1(3(7)8)2(6)4(9)10/h4,6-7,10,14,16H,5,8-9,11H2,1-3H3;1-2,5-6H,(H,7,8)(H,9,10). The van der Waals surface area contributed by atoms with Crippen molar-refractivity contribution in [1.29, 1.82) is 0 Å². The molecule has 1 aliphatic rings. The lowest BCUT2D eigenvalue weighted by atomic mass is 9.75. The first-order valence-electron chi connectivity index (χ1n) is 8.76. The Bertz CT molecular complexity index is 614. The predicted octanol–water partition coefficient (Wildman–Crippen LogP) is 0.893. The number of hydrogen-bond acceptors (Lipinski definition) is 6. The molecule has 3 atom stereocenters. The number of aliphatic carboxylic acids is 2. The number of rotatable bonds is 6. The molecule has 152 valence electrons. The molecule has 1 aromatic carbocycles. The molecular formula is C19H29NO7. The third-order valence-electron chi connectivity index (χ3n) is 4.71. The number of benzene rings is 1. The fourth-order valence-electron chi connectivity index (χ4n) is 2.92. The van der Waals surface area contributed by atoms with Gasteiger partial charge in [0.25, 0.3) is 0 Å². The van der Waals surface area contributed by atoms with Crippen LogP contribution in [0, 0.1) is 5.41 Å². The fourth-order valence-corrected chi connectivity index (χ4v) is 2.92. The zero-order valence-corrected chi connectivity index (χ0v) is 15.9. The first-order valence-corrected chi connectivity index (χ1v) is 8.76. The van der Waals surface area contributed by atoms with E-state index in [1.54, 1.807) is 7.11 Å². The van der Waals surface area contributed by atoms with Gasteiger partial charge in [-0.1, -0.05) is 26.0 Å². The van der Waals surface area contributed by atoms with Gasteiger partial charge in [0.1, 0.15) is 5.75 Å². The SMILES string of the molecule is COc1cccc(CC2NCCCC2(C)C)c1.O=C(O)C(O)C(O)C(=O)O. The van der Waals surface area contributed by atoms with Crippen molar-refractivity contribution in [2.75, 3.05) is 13.7 Å². The lowest BCUT2D eigenvalue weighted by Gasteiger charge is -2.39. The summed E-state index contributed by atoms with van der Waals surface area (Å²) in [7, 11) is 1.72. The minimum Gasteiger partial charge on any atom is -0.497 e. The van der Waals surface area contributed by atoms with E-state index in [1.165, 1.54) is 18.4 Å². The third-order valence-corrected chi connectivity index (χ3v) is 4.71. The molecule has 1 aromatic rings. The quantitative estimate of drug-likeness (QED) is 0.489. The molecule has 1 heterocycles. The maximum absolute atomic E-state index is 9.77. The van der Waals surface area contributed by atoms with Crippen molar-refractivity contribution in [3.63, 3.8) is 0 Å². The summed E-state index contributed by atoms with van der Waals surface area (Å²) in [5.41, 5.74) is 1.75. The van der Waals surface area contributed by atoms with Crippen LogP contribution in [-0.2, 0) is 16.0 Å². The zero-order valence-electron chi connectivity index (χ0n) is 15.9. The van der Waals surface area contributed by atoms with Crippen molar-refractivity contribution >= 4 is 11.9 Å². The maximum atomic E-state index is 9.77. The molecule has 1 aliphatic heterocycles. The summed E-state index contributed by atoms with van der Waals surface area (Å²) >= 11 is 0. The Balaban J connectivity index is 0.000000314. The molecule has 0 aromatic heterocycles. The first kappa shape index (κ1) is 22.9. The van der Waals surface area contributed by atoms with Gasteiger partial charge < -0.3 is 30.5 Å². The van der Waals surface area contributed by atoms with Crippen LogP contribution in [0.15, 0.2) is 24.3 Å². The van der Waals surface area contributed by atoms with Crippen LogP contribution in [0.2, 0.25) is 0 Å². The van der Waals surface area contributed by atoms with Crippen LogP contribution in [0.25, 0.3) is 0 Å². The zero-order chi connectivity index (χ0) is 20.6. The maximum Gasteiger partial charge on any atom is 0.335 e. The van der Waals surface area contributed by atoms with Gasteiger partial charge in [0.05, 0.1) is 7.11 Å². The lowest BCUT2D eigenvalue weighted by Crippen LogP contribution is -2.47. The second-order valence-electron chi connectivity index (χ2n) is 7.22. The van der Waals surface area contributed by atoms with Gasteiger partial charge in [-0.05, 0) is 48.9 Å². The molecule has 0 saturated carbocycles. The number of hydrogen-bond donors (Lipinski definition) is 5. The highest BCUT2D eigenvalue weighted by molar-refractivity contribution is 5.83. The number of carbonyl (C=O) groups is 2. The topological polar surface area (TPSA) is 136 Å². The predicted molar refractivity (Wildman–Crippen MR) is 98.8 cm³/mol. The normalized spacial score (nSPS) is 20.6. The second kappa shape index (κ2) is 10.2. The second-order valence-corrected chi connectivity index (χ2v) is 7.22. The molecule has 8 heteroatoms. The minimum absolute atomic E-state index is 0.390. The molecule has 3 unspecified atom stereocenters. The van der Waals surface area contributed by atoms with E-state index in [9.17, 15) is 9.59 Å². The van der Waals surface area contributed by atoms with Crippen molar-refractivity contribution in [2.45, 2.75) is 51.4 Å². The Morgan fingerprint density at radius 2 is 1.81 bits per heavy atom. The highest BCUT2D eigenvalue weighted by Crippen LogP contribution is 2.32. The average Bonchev–Trinajstić information content (AvgIpc) is 2.62. The summed E-state index contributed by atoms with van der Waals surface area (Å²) in [6, 6.07) is 8.98. The van der Waals surface area contributed by atoms with Crippen LogP contribution in [0.3, 0.4) is 0 Å². The van der Waals surface area contributed by atoms with E-state index in [1.807, 2.05) is 6.07 Å². The van der Waals surface area contributed by atoms with Gasteiger partial charge in [-0.15, -0.1) is 0 Å². The Morgan fingerprint density at radius 3 is 2.30 bits per heavy atom. The summed E-state index contributed by atoms with van der Waals surface area (Å²) in [5.74, 6) is -2.58. The highest BCUT2D eigenvalue weighted by atomic mass is 16.5. The number of ether oxygens (including phenoxy) is 1. The van der Waals surface area contributed by atoms with Crippen LogP contribution in [0.1, 0.15) is 32.3 Å². The van der Waals surface area contributed by atoms with E-state index in [-0.39, 0.29) is 0 Å². The third kappa shape index (κ3) is 7.16. The number of piperidine rings is 1. The molecule has 8 nitrogen and oxygen atoms in total. The number of carboxylic acid groups (broad SMARTS) is 2. The van der Waals surface area contributed by atoms with Crippen LogP contribution in [-0.4, -0.2) is 64.3 Å². The van der Waals surface area contributed by atoms with E-state index >= 15 is 0 Å². The monoisotopic (exact) mass is 383 g/mol. The number of aliphatic hydroxyl groups is 2. The van der Waals surface area contributed by atoms with E-state index in [4.69, 9.17) is 25.2 Å². The Morgan fingerprint density at radius 1 is 1.22 bits per heavy atom. The van der Waals surface area contributed by atoms with Crippen LogP contribution < -0.4 is 10.1 Å². The number of carboxylic acids is 2. The van der Waals surface area contributed by atoms with Gasteiger partial charge in [0, 0.05) is 6.04 Å². The van der Waals surface area contributed by atoms with E-state index in [2.05, 4.69) is 37.4 Å². The summed E-state index contributed by atoms with van der Waals surface area (Å²) in [6.07, 6.45) is -0.838. The molecule has 0 aliphatic carbocycles. The number of methoxy groups -OCH3 is 1. The molecule has 1 fully saturated rings. The average molecular weight is 383 g/mol. The van der Waals surface area contributed by atoms with Gasteiger partial charge in [-0.3, -0.25) is 0 Å². The van der Waals surface area contributed by atoms with E-state index < -0.39 is 24.1 Å². The highest BCUT2D eigenvalue weighted by Gasteiger charge is 2.31. The van der Waals surface area contributed by atoms with Crippen LogP contribution in [0.5, 0.6) is 5.75 Å². The molecule has 0 amide bonds. The molecule has 0 radical (unpaired) electrons. The Labute approximate surface area is 158 Å². The number of nitrogens with one attached hydrogen (secondary N) is 1. The van der Waals surface area contributed by atoms with Crippen LogP contribution >= 0.6 is 0 Å². The summed E-state index contributed by atoms with van der Waals surface area (Å²) in [6.45, 7) is 5.88. The molecule has 0 spiro atoms. The Kier molecular flexibility index (Phi) is 8.68. The van der Waals surface area contributed by atoms with Gasteiger partial charge in [-0.2, -0.15) is 0 Å².